The van der Waals surface area contributed by atoms with Crippen molar-refractivity contribution < 1.29 is 4.79 Å². The molecule has 0 saturated carbocycles. The molecule has 1 aromatic rings. The van der Waals surface area contributed by atoms with Gasteiger partial charge in [-0.15, -0.1) is 0 Å². The molecule has 1 amide bonds. The van der Waals surface area contributed by atoms with Gasteiger partial charge < -0.3 is 4.90 Å². The molecule has 0 bridgehead atoms. The summed E-state index contributed by atoms with van der Waals surface area (Å²) in [5, 5.41) is 0.638. The Bertz CT molecular complexity index is 463. The first-order chi connectivity index (χ1) is 9.81. The minimum Gasteiger partial charge on any atom is -0.337 e. The van der Waals surface area contributed by atoms with Gasteiger partial charge in [0.05, 0.1) is 5.02 Å². The third kappa shape index (κ3) is 6.23. The zero-order valence-electron chi connectivity index (χ0n) is 13.2. The first-order valence-electron chi connectivity index (χ1n) is 7.42. The number of hydrogen-bond acceptors (Lipinski definition) is 2. The van der Waals surface area contributed by atoms with Crippen molar-refractivity contribution in [1.82, 2.24) is 9.88 Å². The van der Waals surface area contributed by atoms with E-state index in [1.165, 1.54) is 0 Å². The zero-order valence-corrected chi connectivity index (χ0v) is 14.7. The molecule has 0 aliphatic rings. The lowest BCUT2D eigenvalue weighted by atomic mass is 10.1. The van der Waals surface area contributed by atoms with Crippen molar-refractivity contribution in [3.63, 3.8) is 0 Å². The Hall–Kier alpha value is -0.800. The molecule has 21 heavy (non-hydrogen) atoms. The van der Waals surface area contributed by atoms with Gasteiger partial charge in [0.15, 0.2) is 0 Å². The Labute approximate surface area is 137 Å². The lowest BCUT2D eigenvalue weighted by Crippen LogP contribution is -2.34. The molecule has 1 aromatic heterocycles. The van der Waals surface area contributed by atoms with Gasteiger partial charge in [-0.25, -0.2) is 4.98 Å². The van der Waals surface area contributed by atoms with Crippen molar-refractivity contribution in [2.75, 3.05) is 13.1 Å². The van der Waals surface area contributed by atoms with Crippen LogP contribution in [0.4, 0.5) is 0 Å². The Morgan fingerprint density at radius 1 is 1.10 bits per heavy atom. The fourth-order valence-corrected chi connectivity index (χ4v) is 2.19. The highest BCUT2D eigenvalue weighted by Gasteiger charge is 2.20. The molecule has 0 unspecified atom stereocenters. The molecule has 0 atom stereocenters. The fraction of sp³-hybridized carbons (Fsp3) is 0.625. The van der Waals surface area contributed by atoms with E-state index < -0.39 is 0 Å². The maximum Gasteiger partial charge on any atom is 0.274 e. The normalized spacial score (nSPS) is 11.2. The fourth-order valence-electron chi connectivity index (χ4n) is 1.86. The van der Waals surface area contributed by atoms with Crippen molar-refractivity contribution in [3.8, 4) is 0 Å². The molecule has 0 radical (unpaired) electrons. The van der Waals surface area contributed by atoms with Crippen LogP contribution < -0.4 is 0 Å². The number of amides is 1. The van der Waals surface area contributed by atoms with Crippen LogP contribution in [0.3, 0.4) is 0 Å². The summed E-state index contributed by atoms with van der Waals surface area (Å²) in [5.41, 5.74) is 0.247. The van der Waals surface area contributed by atoms with E-state index >= 15 is 0 Å². The number of halogens is 2. The summed E-state index contributed by atoms with van der Waals surface area (Å²) in [7, 11) is 0. The zero-order chi connectivity index (χ0) is 16.0. The molecule has 0 aliphatic heterocycles. The first kappa shape index (κ1) is 18.2. The maximum atomic E-state index is 12.7. The van der Waals surface area contributed by atoms with Gasteiger partial charge in [-0.2, -0.15) is 0 Å². The maximum absolute atomic E-state index is 12.7. The number of nitrogens with zero attached hydrogens (tertiary/aromatic N) is 2. The summed E-state index contributed by atoms with van der Waals surface area (Å²) >= 11 is 12.0. The van der Waals surface area contributed by atoms with Crippen LogP contribution in [0.5, 0.6) is 0 Å². The van der Waals surface area contributed by atoms with E-state index in [0.29, 0.717) is 29.9 Å². The average Bonchev–Trinajstić information content (AvgIpc) is 2.40. The monoisotopic (exact) mass is 330 g/mol. The van der Waals surface area contributed by atoms with E-state index in [1.807, 2.05) is 4.90 Å². The molecule has 0 aliphatic carbocycles. The molecule has 118 valence electrons. The summed E-state index contributed by atoms with van der Waals surface area (Å²) in [6, 6.07) is 3.21. The van der Waals surface area contributed by atoms with Crippen LogP contribution in [0, 0.1) is 11.8 Å². The lowest BCUT2D eigenvalue weighted by Gasteiger charge is -2.24. The van der Waals surface area contributed by atoms with Gasteiger partial charge in [-0.05, 0) is 36.8 Å². The van der Waals surface area contributed by atoms with Crippen LogP contribution >= 0.6 is 23.2 Å². The van der Waals surface area contributed by atoms with E-state index in [9.17, 15) is 4.79 Å². The van der Waals surface area contributed by atoms with Crippen LogP contribution in [-0.4, -0.2) is 28.9 Å². The Kier molecular flexibility index (Phi) is 7.47. The molecule has 3 nitrogen and oxygen atoms in total. The highest BCUT2D eigenvalue weighted by atomic mass is 35.5. The van der Waals surface area contributed by atoms with Gasteiger partial charge in [-0.1, -0.05) is 50.9 Å². The number of pyridine rings is 1. The standard InChI is InChI=1S/C16H24Cl2N2O/c1-11(2)7-9-20(10-8-12(3)4)16(21)15-13(17)5-6-14(18)19-15/h5-6,11-12H,7-10H2,1-4H3. The summed E-state index contributed by atoms with van der Waals surface area (Å²) in [5.74, 6) is 0.952. The molecule has 0 aromatic carbocycles. The smallest absolute Gasteiger partial charge is 0.274 e. The number of carbonyl (C=O) groups excluding carboxylic acids is 1. The third-order valence-electron chi connectivity index (χ3n) is 3.25. The molecule has 0 N–H and O–H groups in total. The average molecular weight is 331 g/mol. The predicted molar refractivity (Wildman–Crippen MR) is 89.1 cm³/mol. The number of hydrogen-bond donors (Lipinski definition) is 0. The molecule has 0 spiro atoms. The molecule has 0 saturated heterocycles. The lowest BCUT2D eigenvalue weighted by molar-refractivity contribution is 0.0735. The number of carbonyl (C=O) groups is 1. The van der Waals surface area contributed by atoms with E-state index in [4.69, 9.17) is 23.2 Å². The van der Waals surface area contributed by atoms with Crippen LogP contribution in [0.1, 0.15) is 51.0 Å². The Morgan fingerprint density at radius 3 is 2.10 bits per heavy atom. The van der Waals surface area contributed by atoms with Crippen LogP contribution in [-0.2, 0) is 0 Å². The molecule has 5 heteroatoms. The molecule has 1 heterocycles. The number of aromatic nitrogens is 1. The second-order valence-electron chi connectivity index (χ2n) is 6.12. The van der Waals surface area contributed by atoms with Gasteiger partial charge in [0.2, 0.25) is 0 Å². The number of rotatable bonds is 7. The van der Waals surface area contributed by atoms with Crippen molar-refractivity contribution >= 4 is 29.1 Å². The van der Waals surface area contributed by atoms with Crippen molar-refractivity contribution in [3.05, 3.63) is 28.0 Å². The molecular weight excluding hydrogens is 307 g/mol. The van der Waals surface area contributed by atoms with E-state index in [0.717, 1.165) is 12.8 Å². The highest BCUT2D eigenvalue weighted by Crippen LogP contribution is 2.19. The van der Waals surface area contributed by atoms with Gasteiger partial charge in [0.25, 0.3) is 5.91 Å². The highest BCUT2D eigenvalue weighted by molar-refractivity contribution is 6.34. The topological polar surface area (TPSA) is 33.2 Å². The van der Waals surface area contributed by atoms with Crippen LogP contribution in [0.15, 0.2) is 12.1 Å². The molecular formula is C16H24Cl2N2O. The predicted octanol–water partition coefficient (Wildman–Crippen LogP) is 4.92. The van der Waals surface area contributed by atoms with Crippen molar-refractivity contribution in [1.29, 1.82) is 0 Å². The van der Waals surface area contributed by atoms with E-state index in [2.05, 4.69) is 32.7 Å². The summed E-state index contributed by atoms with van der Waals surface area (Å²) in [6.07, 6.45) is 1.92. The van der Waals surface area contributed by atoms with E-state index in [-0.39, 0.29) is 16.8 Å². The summed E-state index contributed by atoms with van der Waals surface area (Å²) in [4.78, 5) is 18.6. The SMILES string of the molecule is CC(C)CCN(CCC(C)C)C(=O)c1nc(Cl)ccc1Cl. The van der Waals surface area contributed by atoms with Gasteiger partial charge in [0.1, 0.15) is 10.8 Å². The Balaban J connectivity index is 2.89. The summed E-state index contributed by atoms with van der Waals surface area (Å²) in [6.45, 7) is 10.0. The molecule has 0 fully saturated rings. The second kappa shape index (κ2) is 8.60. The first-order valence-corrected chi connectivity index (χ1v) is 8.18. The quantitative estimate of drug-likeness (QED) is 0.664. The minimum absolute atomic E-state index is 0.135. The van der Waals surface area contributed by atoms with Gasteiger partial charge >= 0.3 is 0 Å². The third-order valence-corrected chi connectivity index (χ3v) is 3.77. The van der Waals surface area contributed by atoms with Gasteiger partial charge in [-0.3, -0.25) is 4.79 Å². The second-order valence-corrected chi connectivity index (χ2v) is 6.92. The van der Waals surface area contributed by atoms with Crippen molar-refractivity contribution in [2.24, 2.45) is 11.8 Å². The minimum atomic E-state index is -0.135. The summed E-state index contributed by atoms with van der Waals surface area (Å²) < 4.78 is 0. The van der Waals surface area contributed by atoms with Gasteiger partial charge in [0, 0.05) is 13.1 Å². The van der Waals surface area contributed by atoms with Crippen LogP contribution in [0.25, 0.3) is 0 Å². The molecule has 1 rings (SSSR count). The Morgan fingerprint density at radius 2 is 1.62 bits per heavy atom. The largest absolute Gasteiger partial charge is 0.337 e. The van der Waals surface area contributed by atoms with Crippen LogP contribution in [0.2, 0.25) is 10.2 Å². The van der Waals surface area contributed by atoms with E-state index in [1.54, 1.807) is 12.1 Å². The van der Waals surface area contributed by atoms with Crippen molar-refractivity contribution in [2.45, 2.75) is 40.5 Å².